The number of hydrogen-bond acceptors (Lipinski definition) is 7. The normalized spacial score (nSPS) is 12.0. The van der Waals surface area contributed by atoms with Crippen LogP contribution in [0.3, 0.4) is 0 Å². The van der Waals surface area contributed by atoms with E-state index in [1.165, 1.54) is 18.8 Å². The molecule has 0 unspecified atom stereocenters. The average Bonchev–Trinajstić information content (AvgIpc) is 2.79. The van der Waals surface area contributed by atoms with Gasteiger partial charge in [-0.1, -0.05) is 12.1 Å². The molecular weight excluding hydrogens is 497 g/mol. The van der Waals surface area contributed by atoms with Gasteiger partial charge in [0.25, 0.3) is 5.56 Å². The van der Waals surface area contributed by atoms with Crippen LogP contribution >= 0.6 is 11.8 Å². The fourth-order valence-electron chi connectivity index (χ4n) is 3.38. The highest BCUT2D eigenvalue weighted by molar-refractivity contribution is 8.01. The van der Waals surface area contributed by atoms with Gasteiger partial charge in [0.1, 0.15) is 4.75 Å². The van der Waals surface area contributed by atoms with Crippen LogP contribution in [0.25, 0.3) is 0 Å². The molecule has 0 aliphatic heterocycles. The summed E-state index contributed by atoms with van der Waals surface area (Å²) in [5, 5.41) is 6.83. The summed E-state index contributed by atoms with van der Waals surface area (Å²) >= 11 is 1.44. The van der Waals surface area contributed by atoms with Gasteiger partial charge in [-0.25, -0.2) is 9.48 Å². The van der Waals surface area contributed by atoms with E-state index < -0.39 is 28.6 Å². The van der Waals surface area contributed by atoms with Gasteiger partial charge < -0.3 is 10.1 Å². The van der Waals surface area contributed by atoms with Gasteiger partial charge in [0.05, 0.1) is 6.61 Å². The third kappa shape index (κ3) is 9.03. The summed E-state index contributed by atoms with van der Waals surface area (Å²) in [6, 6.07) is 7.92. The summed E-state index contributed by atoms with van der Waals surface area (Å²) in [7, 11) is 1.27. The van der Waals surface area contributed by atoms with Crippen molar-refractivity contribution in [1.29, 1.82) is 0 Å². The molecule has 1 heterocycles. The maximum atomic E-state index is 12.4. The third-order valence-corrected chi connectivity index (χ3v) is 6.46. The third-order valence-electron chi connectivity index (χ3n) is 5.29. The van der Waals surface area contributed by atoms with Crippen molar-refractivity contribution in [2.45, 2.75) is 75.2 Å². The minimum atomic E-state index is -4.32. The van der Waals surface area contributed by atoms with Crippen molar-refractivity contribution in [2.75, 3.05) is 18.5 Å². The molecule has 2 rings (SSSR count). The van der Waals surface area contributed by atoms with Crippen LogP contribution in [0.5, 0.6) is 0 Å². The molecule has 0 saturated carbocycles. The zero-order valence-corrected chi connectivity index (χ0v) is 21.8. The molecule has 1 aromatic heterocycles. The number of alkyl halides is 3. The Morgan fingerprint density at radius 3 is 2.56 bits per heavy atom. The topological polar surface area (TPSA) is 95.2 Å². The smallest absolute Gasteiger partial charge is 0.389 e. The molecular formula is C24H33F3N4O4S. The first kappa shape index (κ1) is 29.5. The fraction of sp³-hybridized carbons (Fsp3) is 0.583. The van der Waals surface area contributed by atoms with E-state index in [0.717, 1.165) is 32.5 Å². The molecule has 8 nitrogen and oxygen atoms in total. The van der Waals surface area contributed by atoms with Crippen LogP contribution in [0.15, 0.2) is 38.8 Å². The van der Waals surface area contributed by atoms with Gasteiger partial charge in [0.15, 0.2) is 0 Å². The summed E-state index contributed by atoms with van der Waals surface area (Å²) in [6.45, 7) is 5.93. The van der Waals surface area contributed by atoms with Gasteiger partial charge in [-0.05, 0) is 64.2 Å². The van der Waals surface area contributed by atoms with Gasteiger partial charge in [-0.3, -0.25) is 14.2 Å². The summed E-state index contributed by atoms with van der Waals surface area (Å²) < 4.78 is 43.4. The van der Waals surface area contributed by atoms with Crippen LogP contribution < -0.4 is 16.6 Å². The van der Waals surface area contributed by atoms with Gasteiger partial charge in [0, 0.05) is 31.5 Å². The van der Waals surface area contributed by atoms with E-state index in [1.807, 2.05) is 38.1 Å². The Morgan fingerprint density at radius 2 is 1.89 bits per heavy atom. The van der Waals surface area contributed by atoms with Crippen molar-refractivity contribution in [3.05, 3.63) is 50.7 Å². The van der Waals surface area contributed by atoms with Crippen molar-refractivity contribution >= 4 is 23.5 Å². The number of ether oxygens (including phenoxy) is 1. The predicted octanol–water partition coefficient (Wildman–Crippen LogP) is 4.15. The number of carbonyl (C=O) groups is 1. The fourth-order valence-corrected chi connectivity index (χ4v) is 4.47. The Hall–Kier alpha value is -2.76. The SMILES string of the molecule is CCOC(=O)C(C)(C)Sc1cccc(CCCCNc2nn(CCCC(F)(F)F)c(=O)n(C)c2=O)c1. The first-order chi connectivity index (χ1) is 16.8. The number of nitrogens with one attached hydrogen (secondary N) is 1. The predicted molar refractivity (Wildman–Crippen MR) is 133 cm³/mol. The van der Waals surface area contributed by atoms with Gasteiger partial charge in [0.2, 0.25) is 5.82 Å². The van der Waals surface area contributed by atoms with E-state index in [-0.39, 0.29) is 24.8 Å². The largest absolute Gasteiger partial charge is 0.465 e. The highest BCUT2D eigenvalue weighted by Gasteiger charge is 2.30. The van der Waals surface area contributed by atoms with Gasteiger partial charge in [-0.2, -0.15) is 13.2 Å². The van der Waals surface area contributed by atoms with E-state index in [2.05, 4.69) is 10.4 Å². The maximum Gasteiger partial charge on any atom is 0.389 e. The standard InChI is InChI=1S/C24H33F3N4O4S/c1-5-35-21(33)23(2,3)36-18-12-8-11-17(16-18)10-6-7-14-28-19-20(32)30(4)22(34)31(29-19)15-9-13-24(25,26)27/h8,11-12,16H,5-7,9-10,13-15H2,1-4H3,(H,28,29). The molecule has 0 aliphatic rings. The summed E-state index contributed by atoms with van der Waals surface area (Å²) in [4.78, 5) is 37.6. The molecule has 0 saturated heterocycles. The van der Waals surface area contributed by atoms with Crippen LogP contribution in [-0.4, -0.2) is 44.4 Å². The lowest BCUT2D eigenvalue weighted by Gasteiger charge is -2.21. The summed E-state index contributed by atoms with van der Waals surface area (Å²) in [6.07, 6.45) is -3.38. The molecule has 1 N–H and O–H groups in total. The number of halogens is 3. The van der Waals surface area contributed by atoms with Crippen molar-refractivity contribution < 1.29 is 22.7 Å². The first-order valence-corrected chi connectivity index (χ1v) is 12.6. The molecule has 0 spiro atoms. The minimum absolute atomic E-state index is 0.0660. The lowest BCUT2D eigenvalue weighted by atomic mass is 10.1. The zero-order valence-electron chi connectivity index (χ0n) is 21.0. The second-order valence-corrected chi connectivity index (χ2v) is 10.5. The molecule has 12 heteroatoms. The van der Waals surface area contributed by atoms with Crippen molar-refractivity contribution in [1.82, 2.24) is 14.3 Å². The Kier molecular flexibility index (Phi) is 10.6. The number of carbonyl (C=O) groups excluding carboxylic acids is 1. The van der Waals surface area contributed by atoms with Crippen LogP contribution in [-0.2, 0) is 29.5 Å². The molecule has 0 radical (unpaired) electrons. The molecule has 36 heavy (non-hydrogen) atoms. The number of esters is 1. The highest BCUT2D eigenvalue weighted by atomic mass is 32.2. The highest BCUT2D eigenvalue weighted by Crippen LogP contribution is 2.34. The van der Waals surface area contributed by atoms with Crippen molar-refractivity contribution in [3.8, 4) is 0 Å². The van der Waals surface area contributed by atoms with Crippen molar-refractivity contribution in [2.24, 2.45) is 7.05 Å². The second kappa shape index (κ2) is 13.0. The molecule has 0 amide bonds. The van der Waals surface area contributed by atoms with Gasteiger partial charge >= 0.3 is 17.8 Å². The minimum Gasteiger partial charge on any atom is -0.465 e. The van der Waals surface area contributed by atoms with Crippen LogP contribution in [0.1, 0.15) is 52.0 Å². The van der Waals surface area contributed by atoms with E-state index in [0.29, 0.717) is 19.6 Å². The quantitative estimate of drug-likeness (QED) is 0.236. The Labute approximate surface area is 212 Å². The lowest BCUT2D eigenvalue weighted by molar-refractivity contribution is -0.145. The molecule has 200 valence electrons. The number of nitrogens with zero attached hydrogens (tertiary/aromatic N) is 3. The first-order valence-electron chi connectivity index (χ1n) is 11.8. The number of unbranched alkanes of at least 4 members (excludes halogenated alkanes) is 1. The number of aromatic nitrogens is 3. The van der Waals surface area contributed by atoms with E-state index in [1.54, 1.807) is 6.92 Å². The Morgan fingerprint density at radius 1 is 1.17 bits per heavy atom. The Bertz CT molecular complexity index is 1150. The van der Waals surface area contributed by atoms with Gasteiger partial charge in [-0.15, -0.1) is 16.9 Å². The van der Waals surface area contributed by atoms with Crippen LogP contribution in [0.4, 0.5) is 19.0 Å². The molecule has 1 aromatic carbocycles. The molecule has 0 fully saturated rings. The molecule has 0 atom stereocenters. The van der Waals surface area contributed by atoms with Crippen molar-refractivity contribution in [3.63, 3.8) is 0 Å². The maximum absolute atomic E-state index is 12.4. The number of anilines is 1. The molecule has 0 aliphatic carbocycles. The number of benzene rings is 1. The summed E-state index contributed by atoms with van der Waals surface area (Å²) in [5.41, 5.74) is -0.274. The zero-order chi connectivity index (χ0) is 26.9. The van der Waals surface area contributed by atoms with E-state index >= 15 is 0 Å². The van der Waals surface area contributed by atoms with Crippen LogP contribution in [0, 0.1) is 0 Å². The average molecular weight is 531 g/mol. The number of rotatable bonds is 13. The lowest BCUT2D eigenvalue weighted by Crippen LogP contribution is -2.41. The number of aryl methyl sites for hydroxylation is 2. The van der Waals surface area contributed by atoms with Crippen LogP contribution in [0.2, 0.25) is 0 Å². The summed E-state index contributed by atoms with van der Waals surface area (Å²) in [5.74, 6) is -0.332. The number of hydrogen-bond donors (Lipinski definition) is 1. The number of thioether (sulfide) groups is 1. The molecule has 2 aromatic rings. The van der Waals surface area contributed by atoms with E-state index in [4.69, 9.17) is 4.74 Å². The Balaban J connectivity index is 1.90. The van der Waals surface area contributed by atoms with E-state index in [9.17, 15) is 27.6 Å². The second-order valence-electron chi connectivity index (χ2n) is 8.80. The monoisotopic (exact) mass is 530 g/mol. The molecule has 0 bridgehead atoms.